The predicted molar refractivity (Wildman–Crippen MR) is 146 cm³/mol. The molecule has 0 spiro atoms. The molecule has 3 aromatic rings. The van der Waals surface area contributed by atoms with Gasteiger partial charge in [-0.2, -0.15) is 0 Å². The Kier molecular flexibility index (Phi) is 7.17. The highest BCUT2D eigenvalue weighted by molar-refractivity contribution is 6.30. The van der Waals surface area contributed by atoms with E-state index in [1.54, 1.807) is 0 Å². The highest BCUT2D eigenvalue weighted by Gasteiger charge is 2.42. The van der Waals surface area contributed by atoms with Crippen LogP contribution in [0.1, 0.15) is 48.5 Å². The monoisotopic (exact) mass is 504 g/mol. The van der Waals surface area contributed by atoms with Crippen molar-refractivity contribution in [1.29, 1.82) is 0 Å². The SMILES string of the molecule is C[C@H]1CC[C@](c2cccc(NC(=O)c3c[nH]c(=O)c(Cl)c3)c2)(N2CCN(c3ccccc3)CC2)CC1. The number of nitrogens with one attached hydrogen (secondary N) is 2. The molecule has 7 heteroatoms. The van der Waals surface area contributed by atoms with E-state index in [2.05, 4.69) is 69.5 Å². The lowest BCUT2D eigenvalue weighted by Gasteiger charge is -2.51. The summed E-state index contributed by atoms with van der Waals surface area (Å²) in [4.78, 5) is 32.1. The average Bonchev–Trinajstić information content (AvgIpc) is 2.91. The number of para-hydroxylation sites is 1. The van der Waals surface area contributed by atoms with E-state index in [1.807, 2.05) is 12.1 Å². The van der Waals surface area contributed by atoms with Gasteiger partial charge in [0.1, 0.15) is 5.02 Å². The van der Waals surface area contributed by atoms with Crippen LogP contribution in [0.3, 0.4) is 0 Å². The van der Waals surface area contributed by atoms with E-state index >= 15 is 0 Å². The molecule has 188 valence electrons. The number of hydrogen-bond donors (Lipinski definition) is 2. The third-order valence-corrected chi connectivity index (χ3v) is 8.17. The quantitative estimate of drug-likeness (QED) is 0.481. The second kappa shape index (κ2) is 10.5. The molecule has 1 saturated heterocycles. The molecule has 1 aliphatic heterocycles. The van der Waals surface area contributed by atoms with Gasteiger partial charge >= 0.3 is 0 Å². The minimum Gasteiger partial charge on any atom is -0.369 e. The summed E-state index contributed by atoms with van der Waals surface area (Å²) in [6.07, 6.45) is 6.03. The minimum absolute atomic E-state index is 0.00123. The van der Waals surface area contributed by atoms with Gasteiger partial charge in [0.2, 0.25) is 0 Å². The van der Waals surface area contributed by atoms with E-state index in [0.29, 0.717) is 5.56 Å². The van der Waals surface area contributed by atoms with Crippen LogP contribution < -0.4 is 15.8 Å². The molecule has 6 nitrogen and oxygen atoms in total. The second-order valence-electron chi connectivity index (χ2n) is 10.1. The largest absolute Gasteiger partial charge is 0.369 e. The second-order valence-corrected chi connectivity index (χ2v) is 10.5. The molecule has 2 aromatic carbocycles. The number of halogens is 1. The van der Waals surface area contributed by atoms with Crippen LogP contribution in [0.5, 0.6) is 0 Å². The molecule has 0 unspecified atom stereocenters. The zero-order valence-corrected chi connectivity index (χ0v) is 21.4. The Balaban J connectivity index is 1.37. The summed E-state index contributed by atoms with van der Waals surface area (Å²) in [5.74, 6) is 0.435. The lowest BCUT2D eigenvalue weighted by atomic mass is 9.71. The molecule has 2 N–H and O–H groups in total. The highest BCUT2D eigenvalue weighted by Crippen LogP contribution is 2.45. The first-order valence-corrected chi connectivity index (χ1v) is 13.2. The number of amides is 1. The van der Waals surface area contributed by atoms with Gasteiger partial charge in [0, 0.05) is 49.3 Å². The summed E-state index contributed by atoms with van der Waals surface area (Å²) in [5, 5.41) is 3.00. The molecule has 1 saturated carbocycles. The molecule has 2 heterocycles. The summed E-state index contributed by atoms with van der Waals surface area (Å²) in [6, 6.07) is 20.3. The van der Waals surface area contributed by atoms with Crippen LogP contribution in [0.2, 0.25) is 5.02 Å². The van der Waals surface area contributed by atoms with Crippen molar-refractivity contribution in [3.8, 4) is 0 Å². The van der Waals surface area contributed by atoms with Crippen molar-refractivity contribution in [2.24, 2.45) is 5.92 Å². The van der Waals surface area contributed by atoms with Crippen molar-refractivity contribution in [2.75, 3.05) is 36.4 Å². The average molecular weight is 505 g/mol. The van der Waals surface area contributed by atoms with Crippen molar-refractivity contribution >= 4 is 28.9 Å². The Morgan fingerprint density at radius 2 is 1.72 bits per heavy atom. The maximum absolute atomic E-state index is 12.9. The number of H-pyrrole nitrogens is 1. The van der Waals surface area contributed by atoms with Gasteiger partial charge < -0.3 is 15.2 Å². The standard InChI is InChI=1S/C29H33ClN4O2/c1-21-10-12-29(13-11-21,34-16-14-33(15-17-34)25-8-3-2-4-9-25)23-6-5-7-24(19-23)32-27(35)22-18-26(30)28(36)31-20-22/h2-9,18-21H,10-17H2,1H3,(H,31,36)(H,32,35)/t21-,29-. The summed E-state index contributed by atoms with van der Waals surface area (Å²) in [7, 11) is 0. The van der Waals surface area contributed by atoms with Gasteiger partial charge in [0.25, 0.3) is 11.5 Å². The highest BCUT2D eigenvalue weighted by atomic mass is 35.5. The molecule has 36 heavy (non-hydrogen) atoms. The van der Waals surface area contributed by atoms with Crippen molar-refractivity contribution in [3.05, 3.63) is 93.4 Å². The van der Waals surface area contributed by atoms with Gasteiger partial charge in [0.15, 0.2) is 0 Å². The topological polar surface area (TPSA) is 68.4 Å². The first-order valence-electron chi connectivity index (χ1n) is 12.8. The first kappa shape index (κ1) is 24.6. The van der Waals surface area contributed by atoms with E-state index in [9.17, 15) is 9.59 Å². The Hall–Kier alpha value is -3.09. The number of pyridine rings is 1. The molecule has 1 aliphatic carbocycles. The number of carbonyl (C=O) groups excluding carboxylic acids is 1. The van der Waals surface area contributed by atoms with Crippen LogP contribution >= 0.6 is 11.6 Å². The zero-order chi connectivity index (χ0) is 25.1. The number of piperazine rings is 1. The predicted octanol–water partition coefficient (Wildman–Crippen LogP) is 5.51. The van der Waals surface area contributed by atoms with Crippen molar-refractivity contribution < 1.29 is 4.79 Å². The molecule has 0 bridgehead atoms. The Morgan fingerprint density at radius 1 is 1.00 bits per heavy atom. The number of nitrogens with zero attached hydrogens (tertiary/aromatic N) is 2. The fraction of sp³-hybridized carbons (Fsp3) is 0.379. The fourth-order valence-electron chi connectivity index (χ4n) is 5.74. The van der Waals surface area contributed by atoms with Gasteiger partial charge in [-0.3, -0.25) is 14.5 Å². The maximum Gasteiger partial charge on any atom is 0.266 e. The van der Waals surface area contributed by atoms with Gasteiger partial charge in [-0.15, -0.1) is 0 Å². The number of carbonyl (C=O) groups is 1. The molecule has 1 amide bonds. The molecular formula is C29H33ClN4O2. The van der Waals surface area contributed by atoms with Crippen molar-refractivity contribution in [2.45, 2.75) is 38.1 Å². The molecule has 2 fully saturated rings. The van der Waals surface area contributed by atoms with Crippen molar-refractivity contribution in [1.82, 2.24) is 9.88 Å². The number of rotatable bonds is 5. The van der Waals surface area contributed by atoms with E-state index in [-0.39, 0.29) is 16.5 Å². The van der Waals surface area contributed by atoms with Gasteiger partial charge in [-0.25, -0.2) is 0 Å². The summed E-state index contributed by atoms with van der Waals surface area (Å²) in [5.41, 5.74) is 3.19. The molecule has 0 atom stereocenters. The van der Waals surface area contributed by atoms with Gasteiger partial charge in [-0.05, 0) is 67.5 Å². The lowest BCUT2D eigenvalue weighted by molar-refractivity contribution is 0.0299. The fourth-order valence-corrected chi connectivity index (χ4v) is 5.91. The zero-order valence-electron chi connectivity index (χ0n) is 20.7. The summed E-state index contributed by atoms with van der Waals surface area (Å²) < 4.78 is 0. The first-order chi connectivity index (χ1) is 17.4. The van der Waals surface area contributed by atoms with E-state index < -0.39 is 5.56 Å². The van der Waals surface area contributed by atoms with Crippen LogP contribution in [-0.4, -0.2) is 42.0 Å². The van der Waals surface area contributed by atoms with E-state index in [4.69, 9.17) is 11.6 Å². The van der Waals surface area contributed by atoms with Crippen LogP contribution in [0.15, 0.2) is 71.7 Å². The third-order valence-electron chi connectivity index (χ3n) is 7.89. The van der Waals surface area contributed by atoms with Crippen molar-refractivity contribution in [3.63, 3.8) is 0 Å². The van der Waals surface area contributed by atoms with Crippen LogP contribution in [0, 0.1) is 5.92 Å². The third kappa shape index (κ3) is 5.06. The van der Waals surface area contributed by atoms with Crippen LogP contribution in [0.4, 0.5) is 11.4 Å². The normalized spacial score (nSPS) is 22.8. The molecule has 2 aliphatic rings. The molecule has 0 radical (unpaired) electrons. The van der Waals surface area contributed by atoms with E-state index in [1.165, 1.54) is 36.4 Å². The summed E-state index contributed by atoms with van der Waals surface area (Å²) >= 11 is 5.92. The van der Waals surface area contributed by atoms with Crippen LogP contribution in [-0.2, 0) is 5.54 Å². The number of benzene rings is 2. The lowest BCUT2D eigenvalue weighted by Crippen LogP contribution is -2.56. The smallest absolute Gasteiger partial charge is 0.266 e. The number of aromatic nitrogens is 1. The van der Waals surface area contributed by atoms with E-state index in [0.717, 1.165) is 50.6 Å². The Bertz CT molecular complexity index is 1260. The number of aromatic amines is 1. The Morgan fingerprint density at radius 3 is 2.42 bits per heavy atom. The van der Waals surface area contributed by atoms with Gasteiger partial charge in [0.05, 0.1) is 5.56 Å². The number of anilines is 2. The summed E-state index contributed by atoms with van der Waals surface area (Å²) in [6.45, 7) is 6.38. The molecular weight excluding hydrogens is 472 g/mol. The molecule has 1 aromatic heterocycles. The molecule has 5 rings (SSSR count). The number of hydrogen-bond acceptors (Lipinski definition) is 4. The van der Waals surface area contributed by atoms with Gasteiger partial charge in [-0.1, -0.05) is 48.9 Å². The van der Waals surface area contributed by atoms with Crippen LogP contribution in [0.25, 0.3) is 0 Å². The maximum atomic E-state index is 12.9. The Labute approximate surface area is 217 Å². The minimum atomic E-state index is -0.406.